The van der Waals surface area contributed by atoms with Crippen LogP contribution in [0.15, 0.2) is 17.5 Å². The summed E-state index contributed by atoms with van der Waals surface area (Å²) in [5, 5.41) is 10.4. The predicted octanol–water partition coefficient (Wildman–Crippen LogP) is 2.04. The SMILES string of the molecule is CC(CC(=O)c1cccs1)C(=O)O. The first kappa shape index (κ1) is 9.92. The van der Waals surface area contributed by atoms with E-state index >= 15 is 0 Å². The van der Waals surface area contributed by atoms with E-state index in [0.29, 0.717) is 4.88 Å². The topological polar surface area (TPSA) is 54.4 Å². The number of hydrogen-bond acceptors (Lipinski definition) is 3. The zero-order valence-electron chi connectivity index (χ0n) is 7.19. The molecule has 1 unspecified atom stereocenters. The van der Waals surface area contributed by atoms with Crippen LogP contribution >= 0.6 is 11.3 Å². The lowest BCUT2D eigenvalue weighted by Crippen LogP contribution is -2.13. The van der Waals surface area contributed by atoms with Crippen molar-refractivity contribution >= 4 is 23.1 Å². The van der Waals surface area contributed by atoms with Gasteiger partial charge in [-0.05, 0) is 11.4 Å². The Morgan fingerprint density at radius 2 is 2.31 bits per heavy atom. The maximum Gasteiger partial charge on any atom is 0.306 e. The van der Waals surface area contributed by atoms with Crippen LogP contribution in [0.4, 0.5) is 0 Å². The first-order valence-corrected chi connectivity index (χ1v) is 4.78. The third-order valence-electron chi connectivity index (χ3n) is 1.71. The van der Waals surface area contributed by atoms with Crippen LogP contribution in [0, 0.1) is 5.92 Å². The van der Waals surface area contributed by atoms with Crippen molar-refractivity contribution in [1.82, 2.24) is 0 Å². The molecule has 0 amide bonds. The zero-order valence-corrected chi connectivity index (χ0v) is 8.00. The third kappa shape index (κ3) is 2.66. The van der Waals surface area contributed by atoms with Gasteiger partial charge in [0, 0.05) is 6.42 Å². The van der Waals surface area contributed by atoms with Crippen molar-refractivity contribution < 1.29 is 14.7 Å². The minimum atomic E-state index is -0.926. The fourth-order valence-electron chi connectivity index (χ4n) is 0.903. The smallest absolute Gasteiger partial charge is 0.306 e. The zero-order chi connectivity index (χ0) is 9.84. The molecule has 13 heavy (non-hydrogen) atoms. The van der Waals surface area contributed by atoms with Crippen LogP contribution in [0.2, 0.25) is 0 Å². The van der Waals surface area contributed by atoms with Gasteiger partial charge in [-0.1, -0.05) is 13.0 Å². The fourth-order valence-corrected chi connectivity index (χ4v) is 1.58. The summed E-state index contributed by atoms with van der Waals surface area (Å²) < 4.78 is 0. The van der Waals surface area contributed by atoms with Crippen LogP contribution in [0.5, 0.6) is 0 Å². The molecule has 1 aromatic rings. The van der Waals surface area contributed by atoms with Gasteiger partial charge in [-0.3, -0.25) is 9.59 Å². The van der Waals surface area contributed by atoms with Gasteiger partial charge >= 0.3 is 5.97 Å². The van der Waals surface area contributed by atoms with Gasteiger partial charge in [0.05, 0.1) is 10.8 Å². The second-order valence-corrected chi connectivity index (χ2v) is 3.79. The van der Waals surface area contributed by atoms with Crippen molar-refractivity contribution in [1.29, 1.82) is 0 Å². The van der Waals surface area contributed by atoms with Gasteiger partial charge in [0.25, 0.3) is 0 Å². The Morgan fingerprint density at radius 3 is 2.77 bits per heavy atom. The second-order valence-electron chi connectivity index (χ2n) is 2.84. The Balaban J connectivity index is 2.56. The van der Waals surface area contributed by atoms with E-state index in [1.54, 1.807) is 17.5 Å². The number of carboxylic acids is 1. The molecule has 0 radical (unpaired) electrons. The van der Waals surface area contributed by atoms with E-state index in [1.807, 2.05) is 0 Å². The molecular weight excluding hydrogens is 188 g/mol. The Kier molecular flexibility index (Phi) is 3.19. The monoisotopic (exact) mass is 198 g/mol. The molecule has 3 nitrogen and oxygen atoms in total. The maximum absolute atomic E-state index is 11.4. The second kappa shape index (κ2) is 4.18. The Labute approximate surface area is 80.0 Å². The van der Waals surface area contributed by atoms with Gasteiger partial charge in [-0.25, -0.2) is 0 Å². The first-order valence-electron chi connectivity index (χ1n) is 3.90. The van der Waals surface area contributed by atoms with E-state index in [9.17, 15) is 9.59 Å². The first-order chi connectivity index (χ1) is 6.11. The number of ketones is 1. The number of Topliss-reactive ketones (excluding diaryl/α,β-unsaturated/α-hetero) is 1. The molecule has 0 aliphatic heterocycles. The minimum absolute atomic E-state index is 0.0792. The quantitative estimate of drug-likeness (QED) is 0.753. The fraction of sp³-hybridized carbons (Fsp3) is 0.333. The molecule has 0 saturated carbocycles. The molecule has 0 fully saturated rings. The summed E-state index contributed by atoms with van der Waals surface area (Å²) in [7, 11) is 0. The van der Waals surface area contributed by atoms with Crippen molar-refractivity contribution in [3.63, 3.8) is 0 Å². The molecule has 0 aliphatic rings. The van der Waals surface area contributed by atoms with Crippen molar-refractivity contribution in [2.45, 2.75) is 13.3 Å². The number of carbonyl (C=O) groups is 2. The molecule has 0 aromatic carbocycles. The molecule has 0 saturated heterocycles. The van der Waals surface area contributed by atoms with Gasteiger partial charge in [0.1, 0.15) is 0 Å². The molecule has 1 atom stereocenters. The summed E-state index contributed by atoms with van der Waals surface area (Å²) in [6.07, 6.45) is 0.0792. The van der Waals surface area contributed by atoms with Crippen LogP contribution in [0.25, 0.3) is 0 Å². The molecule has 1 rings (SSSR count). The third-order valence-corrected chi connectivity index (χ3v) is 2.62. The van der Waals surface area contributed by atoms with Crippen molar-refractivity contribution in [2.75, 3.05) is 0 Å². The number of thiophene rings is 1. The standard InChI is InChI=1S/C9H10O3S/c1-6(9(11)12)5-7(10)8-3-2-4-13-8/h2-4,6H,5H2,1H3,(H,11,12). The number of carbonyl (C=O) groups excluding carboxylic acids is 1. The molecule has 70 valence electrons. The van der Waals surface area contributed by atoms with Crippen LogP contribution in [-0.4, -0.2) is 16.9 Å². The van der Waals surface area contributed by atoms with E-state index in [-0.39, 0.29) is 12.2 Å². The summed E-state index contributed by atoms with van der Waals surface area (Å²) in [4.78, 5) is 22.5. The van der Waals surface area contributed by atoms with E-state index in [1.165, 1.54) is 18.3 Å². The van der Waals surface area contributed by atoms with Crippen molar-refractivity contribution in [2.24, 2.45) is 5.92 Å². The average Bonchev–Trinajstić information content (AvgIpc) is 2.55. The Morgan fingerprint density at radius 1 is 1.62 bits per heavy atom. The largest absolute Gasteiger partial charge is 0.481 e. The van der Waals surface area contributed by atoms with Gasteiger partial charge < -0.3 is 5.11 Å². The lowest BCUT2D eigenvalue weighted by molar-refractivity contribution is -0.141. The van der Waals surface area contributed by atoms with Crippen LogP contribution in [0.3, 0.4) is 0 Å². The van der Waals surface area contributed by atoms with Gasteiger partial charge in [0.2, 0.25) is 0 Å². The minimum Gasteiger partial charge on any atom is -0.481 e. The maximum atomic E-state index is 11.4. The van der Waals surface area contributed by atoms with Crippen molar-refractivity contribution in [3.05, 3.63) is 22.4 Å². The highest BCUT2D eigenvalue weighted by molar-refractivity contribution is 7.12. The molecular formula is C9H10O3S. The van der Waals surface area contributed by atoms with Crippen LogP contribution in [0.1, 0.15) is 23.0 Å². The van der Waals surface area contributed by atoms with Gasteiger partial charge in [-0.15, -0.1) is 11.3 Å². The number of carboxylic acid groups (broad SMARTS) is 1. The van der Waals surface area contributed by atoms with E-state index in [2.05, 4.69) is 0 Å². The molecule has 1 N–H and O–H groups in total. The van der Waals surface area contributed by atoms with Crippen LogP contribution in [-0.2, 0) is 4.79 Å². The van der Waals surface area contributed by atoms with Gasteiger partial charge in [0.15, 0.2) is 5.78 Å². The normalized spacial score (nSPS) is 12.4. The number of rotatable bonds is 4. The lowest BCUT2D eigenvalue weighted by Gasteiger charge is -2.02. The predicted molar refractivity (Wildman–Crippen MR) is 50.1 cm³/mol. The molecule has 1 aromatic heterocycles. The summed E-state index contributed by atoms with van der Waals surface area (Å²) in [6, 6.07) is 3.49. The Bertz CT molecular complexity index is 303. The highest BCUT2D eigenvalue weighted by atomic mass is 32.1. The molecule has 0 spiro atoms. The molecule has 0 aliphatic carbocycles. The highest BCUT2D eigenvalue weighted by Gasteiger charge is 2.17. The summed E-state index contributed by atoms with van der Waals surface area (Å²) >= 11 is 1.34. The molecule has 1 heterocycles. The molecule has 0 bridgehead atoms. The number of hydrogen-bond donors (Lipinski definition) is 1. The van der Waals surface area contributed by atoms with Crippen molar-refractivity contribution in [3.8, 4) is 0 Å². The summed E-state index contributed by atoms with van der Waals surface area (Å²) in [6.45, 7) is 1.54. The average molecular weight is 198 g/mol. The molecule has 4 heteroatoms. The van der Waals surface area contributed by atoms with E-state index in [0.717, 1.165) is 0 Å². The van der Waals surface area contributed by atoms with Gasteiger partial charge in [-0.2, -0.15) is 0 Å². The lowest BCUT2D eigenvalue weighted by atomic mass is 10.0. The van der Waals surface area contributed by atoms with E-state index < -0.39 is 11.9 Å². The van der Waals surface area contributed by atoms with Crippen LogP contribution < -0.4 is 0 Å². The van der Waals surface area contributed by atoms with E-state index in [4.69, 9.17) is 5.11 Å². The highest BCUT2D eigenvalue weighted by Crippen LogP contribution is 2.14. The number of aliphatic carboxylic acids is 1. The summed E-state index contributed by atoms with van der Waals surface area (Å²) in [5.74, 6) is -1.62. The Hall–Kier alpha value is -1.16. The summed E-state index contributed by atoms with van der Waals surface area (Å²) in [5.41, 5.74) is 0.